The van der Waals surface area contributed by atoms with E-state index in [0.29, 0.717) is 16.3 Å². The number of sulfonamides is 1. The first kappa shape index (κ1) is 21.7. The van der Waals surface area contributed by atoms with E-state index in [0.717, 1.165) is 29.0 Å². The molecule has 3 rings (SSSR count). The zero-order valence-corrected chi connectivity index (χ0v) is 18.6. The van der Waals surface area contributed by atoms with Crippen molar-refractivity contribution < 1.29 is 13.2 Å². The van der Waals surface area contributed by atoms with E-state index in [9.17, 15) is 13.2 Å². The molecule has 0 aliphatic heterocycles. The Hall–Kier alpha value is -2.05. The highest BCUT2D eigenvalue weighted by atomic mass is 35.5. The summed E-state index contributed by atoms with van der Waals surface area (Å²) in [7, 11) is -3.63. The van der Waals surface area contributed by atoms with Gasteiger partial charge >= 0.3 is 0 Å². The first-order valence-corrected chi connectivity index (χ1v) is 12.0. The van der Waals surface area contributed by atoms with E-state index in [1.54, 1.807) is 25.1 Å². The second kappa shape index (κ2) is 8.76. The highest BCUT2D eigenvalue weighted by molar-refractivity contribution is 7.92. The number of rotatable bonds is 6. The van der Waals surface area contributed by atoms with E-state index in [-0.39, 0.29) is 18.5 Å². The van der Waals surface area contributed by atoms with Crippen LogP contribution < -0.4 is 9.62 Å². The summed E-state index contributed by atoms with van der Waals surface area (Å²) in [5.41, 5.74) is 4.92. The molecule has 156 valence electrons. The maximum Gasteiger partial charge on any atom is 0.241 e. The van der Waals surface area contributed by atoms with Gasteiger partial charge in [0.1, 0.15) is 6.54 Å². The molecule has 0 saturated carbocycles. The number of fused-ring (bicyclic) bond motifs is 1. The Kier molecular flexibility index (Phi) is 6.54. The van der Waals surface area contributed by atoms with Crippen LogP contribution in [0, 0.1) is 6.92 Å². The SMILES string of the molecule is Cc1cc(Cl)ccc1N(CC(=O)N[C@H](C)c1ccc2c(c1)CCCC2)S(C)(=O)=O. The van der Waals surface area contributed by atoms with Gasteiger partial charge in [0, 0.05) is 5.02 Å². The van der Waals surface area contributed by atoms with Gasteiger partial charge < -0.3 is 5.32 Å². The Labute approximate surface area is 178 Å². The molecule has 0 heterocycles. The van der Waals surface area contributed by atoms with Crippen LogP contribution in [0.3, 0.4) is 0 Å². The van der Waals surface area contributed by atoms with Crippen LogP contribution in [-0.2, 0) is 27.7 Å². The number of hydrogen-bond acceptors (Lipinski definition) is 3. The van der Waals surface area contributed by atoms with E-state index in [2.05, 4.69) is 17.4 Å². The van der Waals surface area contributed by atoms with Crippen LogP contribution in [0.5, 0.6) is 0 Å². The number of nitrogens with zero attached hydrogens (tertiary/aromatic N) is 1. The standard InChI is InChI=1S/C22H27ClN2O3S/c1-15-12-20(23)10-11-21(15)25(29(3,27)28)14-22(26)24-16(2)18-9-8-17-6-4-5-7-19(17)13-18/h8-13,16H,4-7,14H2,1-3H3,(H,24,26)/t16-/m1/s1. The van der Waals surface area contributed by atoms with Gasteiger partial charge in [0.2, 0.25) is 15.9 Å². The molecular weight excluding hydrogens is 408 g/mol. The van der Waals surface area contributed by atoms with Crippen LogP contribution in [0.25, 0.3) is 0 Å². The largest absolute Gasteiger partial charge is 0.348 e. The molecule has 1 amide bonds. The highest BCUT2D eigenvalue weighted by Gasteiger charge is 2.23. The van der Waals surface area contributed by atoms with Gasteiger partial charge in [-0.25, -0.2) is 8.42 Å². The van der Waals surface area contributed by atoms with Gasteiger partial charge in [0.25, 0.3) is 0 Å². The Morgan fingerprint density at radius 3 is 2.48 bits per heavy atom. The fourth-order valence-corrected chi connectivity index (χ4v) is 4.94. The van der Waals surface area contributed by atoms with Crippen LogP contribution in [0.15, 0.2) is 36.4 Å². The number of benzene rings is 2. The molecule has 7 heteroatoms. The number of nitrogens with one attached hydrogen (secondary N) is 1. The summed E-state index contributed by atoms with van der Waals surface area (Å²) >= 11 is 5.98. The average molecular weight is 435 g/mol. The maximum atomic E-state index is 12.7. The molecule has 0 aromatic heterocycles. The average Bonchev–Trinajstić information content (AvgIpc) is 2.65. The highest BCUT2D eigenvalue weighted by Crippen LogP contribution is 2.27. The summed E-state index contributed by atoms with van der Waals surface area (Å²) in [4.78, 5) is 12.7. The molecule has 0 radical (unpaired) electrons. The van der Waals surface area contributed by atoms with Gasteiger partial charge in [-0.1, -0.05) is 29.8 Å². The van der Waals surface area contributed by atoms with Crippen molar-refractivity contribution in [2.45, 2.75) is 45.6 Å². The van der Waals surface area contributed by atoms with Crippen LogP contribution in [0.2, 0.25) is 5.02 Å². The molecule has 0 unspecified atom stereocenters. The van der Waals surface area contributed by atoms with Crippen molar-refractivity contribution in [2.75, 3.05) is 17.1 Å². The topological polar surface area (TPSA) is 66.5 Å². The number of carbonyl (C=O) groups excluding carboxylic acids is 1. The van der Waals surface area contributed by atoms with Gasteiger partial charge in [-0.15, -0.1) is 0 Å². The minimum Gasteiger partial charge on any atom is -0.348 e. The molecule has 2 aromatic rings. The number of carbonyl (C=O) groups is 1. The Morgan fingerprint density at radius 1 is 1.14 bits per heavy atom. The van der Waals surface area contributed by atoms with E-state index in [1.807, 2.05) is 13.0 Å². The molecule has 1 aliphatic carbocycles. The minimum atomic E-state index is -3.63. The zero-order chi connectivity index (χ0) is 21.2. The van der Waals surface area contributed by atoms with Crippen molar-refractivity contribution in [1.29, 1.82) is 0 Å². The first-order chi connectivity index (χ1) is 13.6. The van der Waals surface area contributed by atoms with Gasteiger partial charge in [-0.05, 0) is 80.0 Å². The molecule has 1 N–H and O–H groups in total. The van der Waals surface area contributed by atoms with Crippen molar-refractivity contribution >= 4 is 33.2 Å². The quantitative estimate of drug-likeness (QED) is 0.741. The van der Waals surface area contributed by atoms with Crippen molar-refractivity contribution in [3.05, 3.63) is 63.7 Å². The van der Waals surface area contributed by atoms with Crippen LogP contribution in [0.4, 0.5) is 5.69 Å². The molecular formula is C22H27ClN2O3S. The van der Waals surface area contributed by atoms with Crippen molar-refractivity contribution in [2.24, 2.45) is 0 Å². The van der Waals surface area contributed by atoms with Gasteiger partial charge in [-0.2, -0.15) is 0 Å². The van der Waals surface area contributed by atoms with E-state index in [1.165, 1.54) is 24.0 Å². The fourth-order valence-electron chi connectivity index (χ4n) is 3.80. The summed E-state index contributed by atoms with van der Waals surface area (Å²) in [5.74, 6) is -0.352. The third-order valence-corrected chi connectivity index (χ3v) is 6.73. The zero-order valence-electron chi connectivity index (χ0n) is 17.0. The number of halogens is 1. The predicted molar refractivity (Wildman–Crippen MR) is 118 cm³/mol. The first-order valence-electron chi connectivity index (χ1n) is 9.80. The fraction of sp³-hybridized carbons (Fsp3) is 0.409. The summed E-state index contributed by atoms with van der Waals surface area (Å²) in [6.07, 6.45) is 5.70. The smallest absolute Gasteiger partial charge is 0.241 e. The summed E-state index contributed by atoms with van der Waals surface area (Å²) in [5, 5.41) is 3.45. The molecule has 0 fully saturated rings. The second-order valence-electron chi connectivity index (χ2n) is 7.72. The number of aryl methyl sites for hydroxylation is 3. The third-order valence-electron chi connectivity index (χ3n) is 5.37. The Bertz CT molecular complexity index is 1020. The van der Waals surface area contributed by atoms with Gasteiger partial charge in [-0.3, -0.25) is 9.10 Å². The minimum absolute atomic E-state index is 0.206. The molecule has 1 atom stereocenters. The number of anilines is 1. The third kappa shape index (κ3) is 5.31. The molecule has 2 aromatic carbocycles. The molecule has 5 nitrogen and oxygen atoms in total. The lowest BCUT2D eigenvalue weighted by molar-refractivity contribution is -0.120. The Balaban J connectivity index is 1.75. The van der Waals surface area contributed by atoms with E-state index in [4.69, 9.17) is 11.6 Å². The van der Waals surface area contributed by atoms with Crippen molar-refractivity contribution in [1.82, 2.24) is 5.32 Å². The number of amides is 1. The van der Waals surface area contributed by atoms with Gasteiger partial charge in [0.15, 0.2) is 0 Å². The van der Waals surface area contributed by atoms with Crippen molar-refractivity contribution in [3.63, 3.8) is 0 Å². The summed E-state index contributed by atoms with van der Waals surface area (Å²) in [6.45, 7) is 3.41. The maximum absolute atomic E-state index is 12.7. The lowest BCUT2D eigenvalue weighted by Crippen LogP contribution is -2.41. The normalized spacial score (nSPS) is 14.8. The lowest BCUT2D eigenvalue weighted by Gasteiger charge is -2.25. The summed E-state index contributed by atoms with van der Waals surface area (Å²) < 4.78 is 25.8. The van der Waals surface area contributed by atoms with Crippen LogP contribution in [0.1, 0.15) is 48.1 Å². The Morgan fingerprint density at radius 2 is 1.83 bits per heavy atom. The molecule has 29 heavy (non-hydrogen) atoms. The second-order valence-corrected chi connectivity index (χ2v) is 10.1. The number of hydrogen-bond donors (Lipinski definition) is 1. The van der Waals surface area contributed by atoms with Crippen LogP contribution >= 0.6 is 11.6 Å². The van der Waals surface area contributed by atoms with E-state index < -0.39 is 10.0 Å². The van der Waals surface area contributed by atoms with Crippen molar-refractivity contribution in [3.8, 4) is 0 Å². The monoisotopic (exact) mass is 434 g/mol. The molecule has 1 aliphatic rings. The molecule has 0 bridgehead atoms. The van der Waals surface area contributed by atoms with Gasteiger partial charge in [0.05, 0.1) is 18.0 Å². The van der Waals surface area contributed by atoms with Crippen LogP contribution in [-0.4, -0.2) is 27.1 Å². The predicted octanol–water partition coefficient (Wildman–Crippen LogP) is 4.17. The lowest BCUT2D eigenvalue weighted by atomic mass is 9.89. The summed E-state index contributed by atoms with van der Waals surface area (Å²) in [6, 6.07) is 11.1. The molecule has 0 spiro atoms. The van der Waals surface area contributed by atoms with E-state index >= 15 is 0 Å². The molecule has 0 saturated heterocycles.